The number of carbonyl (C=O) groups is 1. The van der Waals surface area contributed by atoms with Gasteiger partial charge in [-0.25, -0.2) is 0 Å². The van der Waals surface area contributed by atoms with Crippen LogP contribution in [0.1, 0.15) is 63.0 Å². The van der Waals surface area contributed by atoms with Gasteiger partial charge in [-0.1, -0.05) is 37.8 Å². The molecule has 7 heteroatoms. The number of piperidine rings is 1. The van der Waals surface area contributed by atoms with Crippen molar-refractivity contribution in [3.05, 3.63) is 29.8 Å². The molecular weight excluding hydrogens is 390 g/mol. The molecule has 0 bridgehead atoms. The summed E-state index contributed by atoms with van der Waals surface area (Å²) in [5.41, 5.74) is 1.26. The van der Waals surface area contributed by atoms with E-state index in [0.717, 1.165) is 38.2 Å². The Balaban J connectivity index is 1.53. The lowest BCUT2D eigenvalue weighted by atomic mass is 9.95. The zero-order valence-electron chi connectivity index (χ0n) is 19.2. The molecule has 0 radical (unpaired) electrons. The Kier molecular flexibility index (Phi) is 9.46. The zero-order valence-corrected chi connectivity index (χ0v) is 19.2. The first-order chi connectivity index (χ1) is 15.2. The molecule has 7 nitrogen and oxygen atoms in total. The Bertz CT molecular complexity index is 694. The lowest BCUT2D eigenvalue weighted by Crippen LogP contribution is -2.48. The summed E-state index contributed by atoms with van der Waals surface area (Å²) in [5.74, 6) is 1.57. The van der Waals surface area contributed by atoms with Crippen LogP contribution in [0.15, 0.2) is 29.3 Å². The third-order valence-corrected chi connectivity index (χ3v) is 6.41. The van der Waals surface area contributed by atoms with E-state index in [-0.39, 0.29) is 18.5 Å². The third-order valence-electron chi connectivity index (χ3n) is 6.41. The van der Waals surface area contributed by atoms with Crippen LogP contribution in [0.4, 0.5) is 0 Å². The number of methoxy groups -OCH3 is 1. The van der Waals surface area contributed by atoms with E-state index in [4.69, 9.17) is 4.74 Å². The lowest BCUT2D eigenvalue weighted by molar-refractivity contribution is -0.120. The first kappa shape index (κ1) is 23.4. The molecule has 1 aromatic carbocycles. The number of hydrogen-bond acceptors (Lipinski definition) is 4. The molecule has 1 aliphatic carbocycles. The van der Waals surface area contributed by atoms with Crippen LogP contribution >= 0.6 is 0 Å². The molecule has 1 heterocycles. The Labute approximate surface area is 187 Å². The van der Waals surface area contributed by atoms with Gasteiger partial charge in [-0.05, 0) is 56.5 Å². The van der Waals surface area contributed by atoms with Gasteiger partial charge in [-0.2, -0.15) is 0 Å². The number of hydrogen-bond donors (Lipinski definition) is 3. The quantitative estimate of drug-likeness (QED) is 0.438. The second-order valence-corrected chi connectivity index (χ2v) is 8.59. The van der Waals surface area contributed by atoms with Gasteiger partial charge in [0, 0.05) is 19.6 Å². The molecular formula is C24H39N5O2. The number of aliphatic imine (C=N–C) groups is 1. The molecule has 31 heavy (non-hydrogen) atoms. The summed E-state index contributed by atoms with van der Waals surface area (Å²) in [6.45, 7) is 3.19. The Morgan fingerprint density at radius 1 is 1.06 bits per heavy atom. The molecule has 1 unspecified atom stereocenters. The van der Waals surface area contributed by atoms with Gasteiger partial charge in [0.25, 0.3) is 0 Å². The summed E-state index contributed by atoms with van der Waals surface area (Å²) in [4.78, 5) is 19.2. The van der Waals surface area contributed by atoms with Crippen LogP contribution in [0.5, 0.6) is 5.75 Å². The number of likely N-dealkylation sites (tertiary alicyclic amines) is 1. The summed E-state index contributed by atoms with van der Waals surface area (Å²) in [5, 5.41) is 9.76. The van der Waals surface area contributed by atoms with Gasteiger partial charge < -0.3 is 20.7 Å². The van der Waals surface area contributed by atoms with Crippen molar-refractivity contribution in [1.29, 1.82) is 0 Å². The van der Waals surface area contributed by atoms with Crippen LogP contribution in [0.25, 0.3) is 0 Å². The second-order valence-electron chi connectivity index (χ2n) is 8.59. The van der Waals surface area contributed by atoms with Gasteiger partial charge in [-0.3, -0.25) is 14.7 Å². The lowest BCUT2D eigenvalue weighted by Gasteiger charge is -2.35. The molecule has 0 aromatic heterocycles. The fourth-order valence-electron chi connectivity index (χ4n) is 4.62. The SMILES string of the molecule is CN=C(NCC(=O)NC1CCCCC1)NCC(c1ccc(OC)cc1)N1CCCCC1. The third kappa shape index (κ3) is 7.42. The Morgan fingerprint density at radius 3 is 2.39 bits per heavy atom. The number of guanidine groups is 1. The highest BCUT2D eigenvalue weighted by molar-refractivity contribution is 5.86. The maximum Gasteiger partial charge on any atom is 0.239 e. The highest BCUT2D eigenvalue weighted by Crippen LogP contribution is 2.25. The summed E-state index contributed by atoms with van der Waals surface area (Å²) in [6.07, 6.45) is 9.68. The molecule has 1 saturated heterocycles. The second kappa shape index (κ2) is 12.5. The highest BCUT2D eigenvalue weighted by atomic mass is 16.5. The topological polar surface area (TPSA) is 78.0 Å². The number of benzene rings is 1. The fraction of sp³-hybridized carbons (Fsp3) is 0.667. The van der Waals surface area contributed by atoms with Crippen molar-refractivity contribution in [3.8, 4) is 5.75 Å². The summed E-state index contributed by atoms with van der Waals surface area (Å²) in [6, 6.07) is 8.92. The van der Waals surface area contributed by atoms with Crippen LogP contribution in [-0.2, 0) is 4.79 Å². The summed E-state index contributed by atoms with van der Waals surface area (Å²) >= 11 is 0. The Hall–Kier alpha value is -2.28. The van der Waals surface area contributed by atoms with E-state index in [1.165, 1.54) is 44.1 Å². The van der Waals surface area contributed by atoms with Crippen molar-refractivity contribution in [2.24, 2.45) is 4.99 Å². The predicted molar refractivity (Wildman–Crippen MR) is 126 cm³/mol. The first-order valence-electron chi connectivity index (χ1n) is 11.8. The van der Waals surface area contributed by atoms with Gasteiger partial charge in [0.05, 0.1) is 19.7 Å². The number of amides is 1. The van der Waals surface area contributed by atoms with Crippen LogP contribution in [0.3, 0.4) is 0 Å². The van der Waals surface area contributed by atoms with Crippen molar-refractivity contribution in [2.45, 2.75) is 63.5 Å². The summed E-state index contributed by atoms with van der Waals surface area (Å²) < 4.78 is 5.32. The van der Waals surface area contributed by atoms with Crippen molar-refractivity contribution in [2.75, 3.05) is 40.3 Å². The predicted octanol–water partition coefficient (Wildman–Crippen LogP) is 2.84. The molecule has 2 aliphatic rings. The standard InChI is InChI=1S/C24H39N5O2/c1-25-24(27-18-23(30)28-20-9-5-3-6-10-20)26-17-22(29-15-7-4-8-16-29)19-11-13-21(31-2)14-12-19/h11-14,20,22H,3-10,15-18H2,1-2H3,(H,28,30)(H2,25,26,27). The molecule has 3 N–H and O–H groups in total. The van der Waals surface area contributed by atoms with Gasteiger partial charge in [0.1, 0.15) is 5.75 Å². The Morgan fingerprint density at radius 2 is 1.74 bits per heavy atom. The average Bonchev–Trinajstić information content (AvgIpc) is 2.83. The first-order valence-corrected chi connectivity index (χ1v) is 11.8. The van der Waals surface area contributed by atoms with Crippen molar-refractivity contribution in [3.63, 3.8) is 0 Å². The van der Waals surface area contributed by atoms with E-state index in [0.29, 0.717) is 12.0 Å². The number of rotatable bonds is 8. The summed E-state index contributed by atoms with van der Waals surface area (Å²) in [7, 11) is 3.44. The maximum absolute atomic E-state index is 12.3. The van der Waals surface area contributed by atoms with E-state index in [1.807, 2.05) is 12.1 Å². The highest BCUT2D eigenvalue weighted by Gasteiger charge is 2.23. The van der Waals surface area contributed by atoms with Crippen LogP contribution in [0.2, 0.25) is 0 Å². The monoisotopic (exact) mass is 429 g/mol. The zero-order chi connectivity index (χ0) is 21.9. The van der Waals surface area contributed by atoms with Gasteiger partial charge >= 0.3 is 0 Å². The largest absolute Gasteiger partial charge is 0.497 e. The number of ether oxygens (including phenoxy) is 1. The van der Waals surface area contributed by atoms with E-state index >= 15 is 0 Å². The normalized spacial score (nSPS) is 19.5. The molecule has 0 spiro atoms. The van der Waals surface area contributed by atoms with E-state index in [1.54, 1.807) is 14.2 Å². The van der Waals surface area contributed by atoms with Crippen molar-refractivity contribution < 1.29 is 9.53 Å². The van der Waals surface area contributed by atoms with Gasteiger partial charge in [-0.15, -0.1) is 0 Å². The molecule has 1 amide bonds. The van der Waals surface area contributed by atoms with Crippen molar-refractivity contribution in [1.82, 2.24) is 20.9 Å². The average molecular weight is 430 g/mol. The smallest absolute Gasteiger partial charge is 0.239 e. The van der Waals surface area contributed by atoms with Gasteiger partial charge in [0.2, 0.25) is 5.91 Å². The van der Waals surface area contributed by atoms with Crippen LogP contribution < -0.4 is 20.7 Å². The number of carbonyl (C=O) groups excluding carboxylic acids is 1. The molecule has 1 saturated carbocycles. The van der Waals surface area contributed by atoms with E-state index in [9.17, 15) is 4.79 Å². The molecule has 172 valence electrons. The molecule has 1 atom stereocenters. The number of nitrogens with one attached hydrogen (secondary N) is 3. The minimum absolute atomic E-state index is 0.0394. The minimum atomic E-state index is 0.0394. The van der Waals surface area contributed by atoms with E-state index < -0.39 is 0 Å². The number of nitrogens with zero attached hydrogens (tertiary/aromatic N) is 2. The maximum atomic E-state index is 12.3. The molecule has 1 aliphatic heterocycles. The molecule has 3 rings (SSSR count). The van der Waals surface area contributed by atoms with E-state index in [2.05, 4.69) is 38.0 Å². The van der Waals surface area contributed by atoms with Crippen LogP contribution in [0, 0.1) is 0 Å². The fourth-order valence-corrected chi connectivity index (χ4v) is 4.62. The van der Waals surface area contributed by atoms with Crippen LogP contribution in [-0.4, -0.2) is 63.1 Å². The molecule has 1 aromatic rings. The molecule has 2 fully saturated rings. The van der Waals surface area contributed by atoms with Crippen molar-refractivity contribution >= 4 is 11.9 Å². The minimum Gasteiger partial charge on any atom is -0.497 e. The van der Waals surface area contributed by atoms with Gasteiger partial charge in [0.15, 0.2) is 5.96 Å².